The minimum absolute atomic E-state index is 0.0237. The molecule has 0 radical (unpaired) electrons. The lowest BCUT2D eigenvalue weighted by atomic mass is 10.2. The molecule has 8 heteroatoms. The Kier molecular flexibility index (Phi) is 4.62. The number of rotatable bonds is 3. The fraction of sp³-hybridized carbons (Fsp3) is 0.235. The highest BCUT2D eigenvalue weighted by atomic mass is 35.5. The van der Waals surface area contributed by atoms with E-state index in [0.717, 1.165) is 0 Å². The SMILES string of the molecule is CC(=O)N1C[C@@H](C)Oc2ccc(S(=O)(=O)Nc3ccccc3Cl)cc21. The number of nitrogens with one attached hydrogen (secondary N) is 1. The van der Waals surface area contributed by atoms with Crippen molar-refractivity contribution in [3.8, 4) is 5.75 Å². The maximum Gasteiger partial charge on any atom is 0.262 e. The Hall–Kier alpha value is -2.25. The van der Waals surface area contributed by atoms with Gasteiger partial charge in [-0.2, -0.15) is 0 Å². The van der Waals surface area contributed by atoms with Crippen molar-refractivity contribution in [3.63, 3.8) is 0 Å². The lowest BCUT2D eigenvalue weighted by Gasteiger charge is -2.33. The topological polar surface area (TPSA) is 75.7 Å². The summed E-state index contributed by atoms with van der Waals surface area (Å²) in [6.45, 7) is 3.65. The highest BCUT2D eigenvalue weighted by Crippen LogP contribution is 2.36. The number of benzene rings is 2. The number of anilines is 2. The van der Waals surface area contributed by atoms with Gasteiger partial charge in [0.25, 0.3) is 10.0 Å². The number of halogens is 1. The minimum atomic E-state index is -3.86. The molecule has 1 amide bonds. The average Bonchev–Trinajstić information content (AvgIpc) is 2.55. The van der Waals surface area contributed by atoms with Gasteiger partial charge in [0.15, 0.2) is 0 Å². The first-order chi connectivity index (χ1) is 11.8. The molecule has 1 N–H and O–H groups in total. The van der Waals surface area contributed by atoms with Gasteiger partial charge >= 0.3 is 0 Å². The van der Waals surface area contributed by atoms with Crippen LogP contribution in [0.15, 0.2) is 47.4 Å². The zero-order chi connectivity index (χ0) is 18.2. The van der Waals surface area contributed by atoms with Crippen LogP contribution in [0, 0.1) is 0 Å². The van der Waals surface area contributed by atoms with Crippen molar-refractivity contribution in [2.75, 3.05) is 16.2 Å². The smallest absolute Gasteiger partial charge is 0.262 e. The summed E-state index contributed by atoms with van der Waals surface area (Å²) in [5.41, 5.74) is 0.725. The number of hydrogen-bond donors (Lipinski definition) is 1. The van der Waals surface area contributed by atoms with Gasteiger partial charge in [-0.25, -0.2) is 8.42 Å². The summed E-state index contributed by atoms with van der Waals surface area (Å²) < 4.78 is 33.5. The van der Waals surface area contributed by atoms with Gasteiger partial charge in [-0.15, -0.1) is 0 Å². The molecular weight excluding hydrogens is 364 g/mol. The van der Waals surface area contributed by atoms with Crippen molar-refractivity contribution in [2.45, 2.75) is 24.8 Å². The zero-order valence-electron chi connectivity index (χ0n) is 13.7. The molecule has 2 aromatic carbocycles. The number of hydrogen-bond acceptors (Lipinski definition) is 4. The van der Waals surface area contributed by atoms with Gasteiger partial charge in [0, 0.05) is 6.92 Å². The van der Waals surface area contributed by atoms with Gasteiger partial charge in [0.1, 0.15) is 11.9 Å². The summed E-state index contributed by atoms with van der Waals surface area (Å²) in [5.74, 6) is 0.302. The van der Waals surface area contributed by atoms with Gasteiger partial charge in [-0.3, -0.25) is 9.52 Å². The lowest BCUT2D eigenvalue weighted by molar-refractivity contribution is -0.117. The quantitative estimate of drug-likeness (QED) is 0.886. The second-order valence-corrected chi connectivity index (χ2v) is 7.86. The first-order valence-electron chi connectivity index (χ1n) is 7.64. The van der Waals surface area contributed by atoms with Crippen molar-refractivity contribution in [1.29, 1.82) is 0 Å². The second kappa shape index (κ2) is 6.57. The van der Waals surface area contributed by atoms with Gasteiger partial charge in [0.2, 0.25) is 5.91 Å². The third-order valence-electron chi connectivity index (χ3n) is 3.80. The van der Waals surface area contributed by atoms with Crippen LogP contribution in [0.4, 0.5) is 11.4 Å². The van der Waals surface area contributed by atoms with Crippen LogP contribution in [-0.4, -0.2) is 27.0 Å². The van der Waals surface area contributed by atoms with Crippen molar-refractivity contribution in [1.82, 2.24) is 0 Å². The van der Waals surface area contributed by atoms with E-state index < -0.39 is 10.0 Å². The molecular formula is C17H17ClN2O4S. The maximum absolute atomic E-state index is 12.7. The van der Waals surface area contributed by atoms with E-state index in [0.29, 0.717) is 23.0 Å². The van der Waals surface area contributed by atoms with E-state index in [2.05, 4.69) is 4.72 Å². The second-order valence-electron chi connectivity index (χ2n) is 5.77. The molecule has 0 aromatic heterocycles. The molecule has 0 spiro atoms. The zero-order valence-corrected chi connectivity index (χ0v) is 15.3. The van der Waals surface area contributed by atoms with Crippen LogP contribution in [0.25, 0.3) is 0 Å². The van der Waals surface area contributed by atoms with E-state index in [1.807, 2.05) is 6.92 Å². The monoisotopic (exact) mass is 380 g/mol. The van der Waals surface area contributed by atoms with Crippen LogP contribution in [0.5, 0.6) is 5.75 Å². The summed E-state index contributed by atoms with van der Waals surface area (Å²) in [6.07, 6.45) is -0.167. The Labute approximate surface area is 151 Å². The fourth-order valence-electron chi connectivity index (χ4n) is 2.63. The summed E-state index contributed by atoms with van der Waals surface area (Å²) >= 11 is 6.01. The van der Waals surface area contributed by atoms with Crippen LogP contribution < -0.4 is 14.4 Å². The molecule has 25 heavy (non-hydrogen) atoms. The summed E-state index contributed by atoms with van der Waals surface area (Å²) in [4.78, 5) is 13.4. The Balaban J connectivity index is 2.00. The standard InChI is InChI=1S/C17H17ClN2O4S/c1-11-10-20(12(2)21)16-9-13(7-8-17(16)24-11)25(22,23)19-15-6-4-3-5-14(15)18/h3-9,11,19H,10H2,1-2H3/t11-/m1/s1. The van der Waals surface area contributed by atoms with Crippen LogP contribution in [0.2, 0.25) is 5.02 Å². The Morgan fingerprint density at radius 1 is 1.28 bits per heavy atom. The van der Waals surface area contributed by atoms with Crippen LogP contribution >= 0.6 is 11.6 Å². The molecule has 3 rings (SSSR count). The molecule has 1 aliphatic heterocycles. The van der Waals surface area contributed by atoms with E-state index >= 15 is 0 Å². The molecule has 1 heterocycles. The molecule has 0 fully saturated rings. The van der Waals surface area contributed by atoms with Gasteiger partial charge < -0.3 is 9.64 Å². The molecule has 0 aliphatic carbocycles. The van der Waals surface area contributed by atoms with Crippen molar-refractivity contribution < 1.29 is 17.9 Å². The van der Waals surface area contributed by atoms with Gasteiger partial charge in [-0.05, 0) is 37.3 Å². The van der Waals surface area contributed by atoms with E-state index in [1.54, 1.807) is 30.3 Å². The molecule has 1 atom stereocenters. The normalized spacial score (nSPS) is 16.8. The molecule has 132 valence electrons. The Morgan fingerprint density at radius 3 is 2.68 bits per heavy atom. The highest BCUT2D eigenvalue weighted by Gasteiger charge is 2.28. The van der Waals surface area contributed by atoms with Crippen molar-refractivity contribution in [3.05, 3.63) is 47.5 Å². The average molecular weight is 381 g/mol. The van der Waals surface area contributed by atoms with E-state index in [1.165, 1.54) is 24.0 Å². The third-order valence-corrected chi connectivity index (χ3v) is 5.49. The molecule has 0 saturated heterocycles. The van der Waals surface area contributed by atoms with E-state index in [4.69, 9.17) is 16.3 Å². The first kappa shape index (κ1) is 17.6. The van der Waals surface area contributed by atoms with E-state index in [9.17, 15) is 13.2 Å². The van der Waals surface area contributed by atoms with Gasteiger partial charge in [0.05, 0.1) is 27.8 Å². The van der Waals surface area contributed by atoms with Gasteiger partial charge in [-0.1, -0.05) is 23.7 Å². The maximum atomic E-state index is 12.7. The lowest BCUT2D eigenvalue weighted by Crippen LogP contribution is -2.41. The number of carbonyl (C=O) groups excluding carboxylic acids is 1. The highest BCUT2D eigenvalue weighted by molar-refractivity contribution is 7.92. The molecule has 0 unspecified atom stereocenters. The molecule has 6 nitrogen and oxygen atoms in total. The molecule has 1 aliphatic rings. The predicted octanol–water partition coefficient (Wildman–Crippen LogP) is 3.27. The summed E-state index contributed by atoms with van der Waals surface area (Å²) in [5, 5.41) is 0.298. The van der Waals surface area contributed by atoms with E-state index in [-0.39, 0.29) is 22.6 Å². The Bertz CT molecular complexity index is 930. The van der Waals surface area contributed by atoms with Crippen LogP contribution in [0.1, 0.15) is 13.8 Å². The summed E-state index contributed by atoms with van der Waals surface area (Å²) in [7, 11) is -3.86. The third kappa shape index (κ3) is 3.57. The first-order valence-corrected chi connectivity index (χ1v) is 9.50. The predicted molar refractivity (Wildman–Crippen MR) is 96.8 cm³/mol. The fourth-order valence-corrected chi connectivity index (χ4v) is 3.97. The Morgan fingerprint density at radius 2 is 2.00 bits per heavy atom. The van der Waals surface area contributed by atoms with Crippen molar-refractivity contribution in [2.24, 2.45) is 0 Å². The molecule has 0 bridgehead atoms. The molecule has 0 saturated carbocycles. The minimum Gasteiger partial charge on any atom is -0.487 e. The number of carbonyl (C=O) groups is 1. The number of nitrogens with zero attached hydrogens (tertiary/aromatic N) is 1. The van der Waals surface area contributed by atoms with Crippen LogP contribution in [0.3, 0.4) is 0 Å². The largest absolute Gasteiger partial charge is 0.487 e. The summed E-state index contributed by atoms with van der Waals surface area (Å²) in [6, 6.07) is 11.0. The van der Waals surface area contributed by atoms with Crippen molar-refractivity contribution >= 4 is 38.9 Å². The number of fused-ring (bicyclic) bond motifs is 1. The van der Waals surface area contributed by atoms with Crippen LogP contribution in [-0.2, 0) is 14.8 Å². The molecule has 2 aromatic rings. The number of sulfonamides is 1. The number of amides is 1. The number of para-hydroxylation sites is 1. The number of ether oxygens (including phenoxy) is 1.